The van der Waals surface area contributed by atoms with Crippen molar-refractivity contribution >= 4 is 34.5 Å². The van der Waals surface area contributed by atoms with Gasteiger partial charge in [-0.05, 0) is 43.4 Å². The maximum absolute atomic E-state index is 13.2. The molecule has 2 N–H and O–H groups in total. The molecule has 2 aromatic carbocycles. The zero-order chi connectivity index (χ0) is 25.2. The van der Waals surface area contributed by atoms with Gasteiger partial charge in [0.1, 0.15) is 0 Å². The fourth-order valence-electron chi connectivity index (χ4n) is 4.15. The van der Waals surface area contributed by atoms with Crippen LogP contribution >= 0.6 is 11.8 Å². The van der Waals surface area contributed by atoms with Crippen molar-refractivity contribution in [2.24, 2.45) is 0 Å². The van der Waals surface area contributed by atoms with E-state index in [9.17, 15) is 14.4 Å². The summed E-state index contributed by atoms with van der Waals surface area (Å²) < 4.78 is 7.13. The Hall–Kier alpha value is -3.17. The highest BCUT2D eigenvalue weighted by Crippen LogP contribution is 2.18. The number of hydrogen-bond acceptors (Lipinski definition) is 6. The van der Waals surface area contributed by atoms with Crippen LogP contribution in [0.2, 0.25) is 0 Å². The van der Waals surface area contributed by atoms with Crippen molar-refractivity contribution in [3.05, 3.63) is 70.5 Å². The van der Waals surface area contributed by atoms with E-state index in [1.165, 1.54) is 17.3 Å². The second-order valence-electron chi connectivity index (χ2n) is 8.79. The van der Waals surface area contributed by atoms with Crippen molar-refractivity contribution < 1.29 is 14.3 Å². The molecule has 190 valence electrons. The SMILES string of the molecule is O=C(CCCn1c(SCC(=O)NC[C@H]2CCCO2)nc2ccccc2c1=O)NCCc1ccccc1. The summed E-state index contributed by atoms with van der Waals surface area (Å²) in [5, 5.41) is 6.85. The zero-order valence-corrected chi connectivity index (χ0v) is 21.1. The number of para-hydroxylation sites is 1. The average Bonchev–Trinajstić information content (AvgIpc) is 3.42. The molecule has 9 heteroatoms. The summed E-state index contributed by atoms with van der Waals surface area (Å²) in [6.07, 6.45) is 3.63. The van der Waals surface area contributed by atoms with E-state index in [4.69, 9.17) is 4.74 Å². The van der Waals surface area contributed by atoms with Crippen LogP contribution in [0, 0.1) is 0 Å². The first-order valence-electron chi connectivity index (χ1n) is 12.4. The van der Waals surface area contributed by atoms with Gasteiger partial charge in [0.05, 0.1) is 22.8 Å². The van der Waals surface area contributed by atoms with Crippen LogP contribution in [0.15, 0.2) is 64.5 Å². The Kier molecular flexibility index (Phi) is 9.52. The van der Waals surface area contributed by atoms with Crippen molar-refractivity contribution in [3.8, 4) is 0 Å². The van der Waals surface area contributed by atoms with E-state index in [-0.39, 0.29) is 29.2 Å². The van der Waals surface area contributed by atoms with Crippen LogP contribution in [0.5, 0.6) is 0 Å². The highest BCUT2D eigenvalue weighted by molar-refractivity contribution is 7.99. The number of carbonyl (C=O) groups is 2. The number of carbonyl (C=O) groups excluding carboxylic acids is 2. The lowest BCUT2D eigenvalue weighted by molar-refractivity contribution is -0.121. The number of ether oxygens (including phenoxy) is 1. The first-order chi connectivity index (χ1) is 17.6. The van der Waals surface area contributed by atoms with Gasteiger partial charge in [-0.15, -0.1) is 0 Å². The minimum atomic E-state index is -0.160. The minimum Gasteiger partial charge on any atom is -0.376 e. The molecule has 0 unspecified atom stereocenters. The highest BCUT2D eigenvalue weighted by Gasteiger charge is 2.17. The van der Waals surface area contributed by atoms with E-state index in [0.717, 1.165) is 25.9 Å². The van der Waals surface area contributed by atoms with Crippen LogP contribution in [0.1, 0.15) is 31.2 Å². The van der Waals surface area contributed by atoms with Crippen LogP contribution in [0.25, 0.3) is 10.9 Å². The van der Waals surface area contributed by atoms with Gasteiger partial charge in [0.2, 0.25) is 11.8 Å². The van der Waals surface area contributed by atoms with Crippen LogP contribution in [-0.2, 0) is 27.3 Å². The van der Waals surface area contributed by atoms with E-state index >= 15 is 0 Å². The minimum absolute atomic E-state index is 0.0459. The van der Waals surface area contributed by atoms with E-state index in [1.54, 1.807) is 22.8 Å². The van der Waals surface area contributed by atoms with Gasteiger partial charge in [-0.25, -0.2) is 4.98 Å². The van der Waals surface area contributed by atoms with Crippen LogP contribution in [-0.4, -0.2) is 52.9 Å². The topological polar surface area (TPSA) is 102 Å². The molecule has 0 saturated carbocycles. The summed E-state index contributed by atoms with van der Waals surface area (Å²) in [5.74, 6) is -0.0185. The molecule has 1 saturated heterocycles. The molecule has 0 radical (unpaired) electrons. The lowest BCUT2D eigenvalue weighted by Gasteiger charge is -2.14. The number of amides is 2. The van der Waals surface area contributed by atoms with E-state index < -0.39 is 0 Å². The van der Waals surface area contributed by atoms with Crippen LogP contribution in [0.3, 0.4) is 0 Å². The van der Waals surface area contributed by atoms with E-state index in [1.807, 2.05) is 36.4 Å². The number of nitrogens with one attached hydrogen (secondary N) is 2. The molecular formula is C27H32N4O4S. The number of nitrogens with zero attached hydrogens (tertiary/aromatic N) is 2. The second-order valence-corrected chi connectivity index (χ2v) is 9.73. The predicted molar refractivity (Wildman–Crippen MR) is 141 cm³/mol. The summed E-state index contributed by atoms with van der Waals surface area (Å²) in [6.45, 7) is 2.16. The number of thioether (sulfide) groups is 1. The van der Waals surface area contributed by atoms with Gasteiger partial charge in [-0.2, -0.15) is 0 Å². The lowest BCUT2D eigenvalue weighted by atomic mass is 10.1. The largest absolute Gasteiger partial charge is 0.376 e. The lowest BCUT2D eigenvalue weighted by Crippen LogP contribution is -2.33. The van der Waals surface area contributed by atoms with E-state index in [0.29, 0.717) is 48.5 Å². The first kappa shape index (κ1) is 25.9. The van der Waals surface area contributed by atoms with Gasteiger partial charge in [0.15, 0.2) is 5.16 Å². The molecule has 36 heavy (non-hydrogen) atoms. The molecule has 1 fully saturated rings. The summed E-state index contributed by atoms with van der Waals surface area (Å²) >= 11 is 1.24. The number of rotatable bonds is 12. The molecule has 4 rings (SSSR count). The van der Waals surface area contributed by atoms with Crippen LogP contribution < -0.4 is 16.2 Å². The number of fused-ring (bicyclic) bond motifs is 1. The summed E-state index contributed by atoms with van der Waals surface area (Å²) in [6, 6.07) is 17.2. The predicted octanol–water partition coefficient (Wildman–Crippen LogP) is 2.92. The number of aromatic nitrogens is 2. The molecule has 1 aliphatic rings. The summed E-state index contributed by atoms with van der Waals surface area (Å²) in [5.41, 5.74) is 1.61. The quantitative estimate of drug-likeness (QED) is 0.288. The Morgan fingerprint density at radius 2 is 1.86 bits per heavy atom. The van der Waals surface area contributed by atoms with Crippen molar-refractivity contribution in [1.82, 2.24) is 20.2 Å². The molecule has 8 nitrogen and oxygen atoms in total. The molecule has 2 amide bonds. The first-order valence-corrected chi connectivity index (χ1v) is 13.4. The van der Waals surface area contributed by atoms with Crippen molar-refractivity contribution in [2.45, 2.75) is 49.9 Å². The zero-order valence-electron chi connectivity index (χ0n) is 20.3. The highest BCUT2D eigenvalue weighted by atomic mass is 32.2. The Morgan fingerprint density at radius 3 is 2.67 bits per heavy atom. The molecular weight excluding hydrogens is 476 g/mol. The van der Waals surface area contributed by atoms with E-state index in [2.05, 4.69) is 15.6 Å². The Bertz CT molecular complexity index is 1230. The summed E-state index contributed by atoms with van der Waals surface area (Å²) in [7, 11) is 0. The maximum Gasteiger partial charge on any atom is 0.262 e. The monoisotopic (exact) mass is 508 g/mol. The van der Waals surface area contributed by atoms with Crippen LogP contribution in [0.4, 0.5) is 0 Å². The Labute approximate surface area is 214 Å². The molecule has 1 aromatic heterocycles. The number of hydrogen-bond donors (Lipinski definition) is 2. The van der Waals surface area contributed by atoms with Gasteiger partial charge in [-0.1, -0.05) is 54.2 Å². The van der Waals surface area contributed by atoms with Gasteiger partial charge >= 0.3 is 0 Å². The molecule has 3 aromatic rings. The maximum atomic E-state index is 13.2. The third-order valence-electron chi connectivity index (χ3n) is 6.07. The molecule has 0 spiro atoms. The smallest absolute Gasteiger partial charge is 0.262 e. The second kappa shape index (κ2) is 13.2. The third kappa shape index (κ3) is 7.41. The van der Waals surface area contributed by atoms with Gasteiger partial charge in [-0.3, -0.25) is 19.0 Å². The molecule has 0 bridgehead atoms. The van der Waals surface area contributed by atoms with Gasteiger partial charge in [0, 0.05) is 32.7 Å². The molecule has 1 aliphatic heterocycles. The molecule has 2 heterocycles. The number of benzene rings is 2. The molecule has 1 atom stereocenters. The van der Waals surface area contributed by atoms with Gasteiger partial charge in [0.25, 0.3) is 5.56 Å². The summed E-state index contributed by atoms with van der Waals surface area (Å²) in [4.78, 5) is 42.5. The molecule has 0 aliphatic carbocycles. The fourth-order valence-corrected chi connectivity index (χ4v) is 5.00. The van der Waals surface area contributed by atoms with Crippen molar-refractivity contribution in [1.29, 1.82) is 0 Å². The van der Waals surface area contributed by atoms with Crippen molar-refractivity contribution in [3.63, 3.8) is 0 Å². The normalized spacial score (nSPS) is 15.2. The Balaban J connectivity index is 1.33. The fraction of sp³-hybridized carbons (Fsp3) is 0.407. The van der Waals surface area contributed by atoms with Gasteiger partial charge < -0.3 is 15.4 Å². The standard InChI is InChI=1S/C27H32N4O4S/c32-24(28-15-14-20-8-2-1-3-9-20)13-6-16-31-26(34)22-11-4-5-12-23(22)30-27(31)36-19-25(33)29-18-21-10-7-17-35-21/h1-5,8-9,11-12,21H,6-7,10,13-19H2,(H,28,32)(H,29,33)/t21-/m1/s1. The third-order valence-corrected chi connectivity index (χ3v) is 7.05. The van der Waals surface area contributed by atoms with Crippen molar-refractivity contribution in [2.75, 3.05) is 25.4 Å². The average molecular weight is 509 g/mol. The Morgan fingerprint density at radius 1 is 1.06 bits per heavy atom.